The Labute approximate surface area is 90.6 Å². The van der Waals surface area contributed by atoms with Crippen molar-refractivity contribution in [1.82, 2.24) is 4.98 Å². The first-order chi connectivity index (χ1) is 6.22. The van der Waals surface area contributed by atoms with Gasteiger partial charge in [-0.15, -0.1) is 11.3 Å². The molecular formula is C8H13BrN2OS. The summed E-state index contributed by atoms with van der Waals surface area (Å²) >= 11 is 4.90. The highest BCUT2D eigenvalue weighted by atomic mass is 79.9. The third-order valence-corrected chi connectivity index (χ3v) is 3.04. The van der Waals surface area contributed by atoms with Crippen molar-refractivity contribution >= 4 is 32.4 Å². The summed E-state index contributed by atoms with van der Waals surface area (Å²) in [5.74, 6) is 0.507. The van der Waals surface area contributed by atoms with E-state index in [1.807, 2.05) is 5.38 Å². The van der Waals surface area contributed by atoms with Gasteiger partial charge >= 0.3 is 0 Å². The van der Waals surface area contributed by atoms with Gasteiger partial charge in [0.25, 0.3) is 0 Å². The number of thiazole rings is 1. The smallest absolute Gasteiger partial charge is 0.183 e. The first-order valence-corrected chi connectivity index (χ1v) is 5.73. The van der Waals surface area contributed by atoms with Crippen molar-refractivity contribution in [2.24, 2.45) is 5.92 Å². The normalized spacial score (nSPS) is 12.8. The van der Waals surface area contributed by atoms with Crippen molar-refractivity contribution in [2.75, 3.05) is 25.6 Å². The Morgan fingerprint density at radius 3 is 3.08 bits per heavy atom. The standard InChI is InChI=1S/C8H13BrN2OS/c1-6(4-12-2)3-10-8-11-7(9)5-13-8/h5-6H,3-4H2,1-2H3,(H,10,11). The summed E-state index contributed by atoms with van der Waals surface area (Å²) < 4.78 is 5.92. The Morgan fingerprint density at radius 1 is 1.77 bits per heavy atom. The van der Waals surface area contributed by atoms with Crippen molar-refractivity contribution in [3.8, 4) is 0 Å². The predicted octanol–water partition coefficient (Wildman–Crippen LogP) is 2.60. The van der Waals surface area contributed by atoms with E-state index in [9.17, 15) is 0 Å². The van der Waals surface area contributed by atoms with Crippen molar-refractivity contribution in [3.63, 3.8) is 0 Å². The van der Waals surface area contributed by atoms with Gasteiger partial charge in [0, 0.05) is 19.0 Å². The Bertz CT molecular complexity index is 254. The van der Waals surface area contributed by atoms with Gasteiger partial charge in [-0.1, -0.05) is 6.92 Å². The van der Waals surface area contributed by atoms with Crippen LogP contribution in [0.4, 0.5) is 5.13 Å². The number of nitrogens with one attached hydrogen (secondary N) is 1. The second-order valence-electron chi connectivity index (χ2n) is 2.92. The van der Waals surface area contributed by atoms with Crippen molar-refractivity contribution in [2.45, 2.75) is 6.92 Å². The minimum atomic E-state index is 0.507. The highest BCUT2D eigenvalue weighted by molar-refractivity contribution is 9.10. The molecule has 1 atom stereocenters. The minimum absolute atomic E-state index is 0.507. The van der Waals surface area contributed by atoms with E-state index in [0.717, 1.165) is 22.9 Å². The Balaban J connectivity index is 2.26. The summed E-state index contributed by atoms with van der Waals surface area (Å²) in [6.07, 6.45) is 0. The van der Waals surface area contributed by atoms with E-state index in [1.165, 1.54) is 0 Å². The molecule has 74 valence electrons. The third kappa shape index (κ3) is 4.06. The fourth-order valence-corrected chi connectivity index (χ4v) is 2.09. The van der Waals surface area contributed by atoms with E-state index < -0.39 is 0 Å². The zero-order valence-corrected chi connectivity index (χ0v) is 10.1. The molecule has 1 aromatic heterocycles. The fourth-order valence-electron chi connectivity index (χ4n) is 0.940. The molecule has 0 saturated carbocycles. The summed E-state index contributed by atoms with van der Waals surface area (Å²) in [5.41, 5.74) is 0. The molecule has 5 heteroatoms. The Morgan fingerprint density at radius 2 is 2.54 bits per heavy atom. The number of ether oxygens (including phenoxy) is 1. The predicted molar refractivity (Wildman–Crippen MR) is 59.3 cm³/mol. The molecule has 1 unspecified atom stereocenters. The lowest BCUT2D eigenvalue weighted by atomic mass is 10.2. The average Bonchev–Trinajstić information content (AvgIpc) is 2.49. The number of halogens is 1. The molecule has 0 aliphatic heterocycles. The van der Waals surface area contributed by atoms with Crippen LogP contribution in [0.2, 0.25) is 0 Å². The molecule has 1 aromatic rings. The summed E-state index contributed by atoms with van der Waals surface area (Å²) in [6.45, 7) is 3.81. The zero-order valence-electron chi connectivity index (χ0n) is 7.71. The average molecular weight is 265 g/mol. The van der Waals surface area contributed by atoms with Crippen LogP contribution in [0.5, 0.6) is 0 Å². The molecule has 0 amide bonds. The fraction of sp³-hybridized carbons (Fsp3) is 0.625. The molecule has 0 aliphatic rings. The van der Waals surface area contributed by atoms with Gasteiger partial charge < -0.3 is 10.1 Å². The maximum absolute atomic E-state index is 5.03. The van der Waals surface area contributed by atoms with Crippen LogP contribution in [0.3, 0.4) is 0 Å². The summed E-state index contributed by atoms with van der Waals surface area (Å²) in [4.78, 5) is 4.23. The van der Waals surface area contributed by atoms with Crippen LogP contribution in [-0.2, 0) is 4.74 Å². The van der Waals surface area contributed by atoms with Crippen LogP contribution in [0.1, 0.15) is 6.92 Å². The van der Waals surface area contributed by atoms with Gasteiger partial charge in [0.15, 0.2) is 5.13 Å². The van der Waals surface area contributed by atoms with Crippen LogP contribution in [-0.4, -0.2) is 25.2 Å². The number of methoxy groups -OCH3 is 1. The lowest BCUT2D eigenvalue weighted by Gasteiger charge is -2.09. The molecule has 3 nitrogen and oxygen atoms in total. The summed E-state index contributed by atoms with van der Waals surface area (Å²) in [7, 11) is 1.72. The maximum Gasteiger partial charge on any atom is 0.183 e. The van der Waals surface area contributed by atoms with E-state index >= 15 is 0 Å². The Hall–Kier alpha value is -0.130. The van der Waals surface area contributed by atoms with Gasteiger partial charge in [-0.05, 0) is 21.8 Å². The number of aromatic nitrogens is 1. The maximum atomic E-state index is 5.03. The molecule has 0 saturated heterocycles. The van der Waals surface area contributed by atoms with E-state index in [2.05, 4.69) is 33.2 Å². The van der Waals surface area contributed by atoms with Crippen LogP contribution < -0.4 is 5.32 Å². The first-order valence-electron chi connectivity index (χ1n) is 4.06. The van der Waals surface area contributed by atoms with Gasteiger partial charge in [0.2, 0.25) is 0 Å². The number of rotatable bonds is 5. The largest absolute Gasteiger partial charge is 0.384 e. The quantitative estimate of drug-likeness (QED) is 0.888. The molecule has 1 N–H and O–H groups in total. The second kappa shape index (κ2) is 5.57. The molecule has 0 aliphatic carbocycles. The minimum Gasteiger partial charge on any atom is -0.384 e. The zero-order chi connectivity index (χ0) is 9.68. The number of anilines is 1. The highest BCUT2D eigenvalue weighted by Crippen LogP contribution is 2.19. The summed E-state index contributed by atoms with van der Waals surface area (Å²) in [5, 5.41) is 6.16. The van der Waals surface area contributed by atoms with Crippen LogP contribution >= 0.6 is 27.3 Å². The lowest BCUT2D eigenvalue weighted by molar-refractivity contribution is 0.164. The molecular weight excluding hydrogens is 252 g/mol. The van der Waals surface area contributed by atoms with E-state index in [4.69, 9.17) is 4.74 Å². The second-order valence-corrected chi connectivity index (χ2v) is 4.59. The molecule has 1 rings (SSSR count). The number of hydrogen-bond donors (Lipinski definition) is 1. The molecule has 13 heavy (non-hydrogen) atoms. The van der Waals surface area contributed by atoms with Crippen LogP contribution in [0.15, 0.2) is 9.98 Å². The van der Waals surface area contributed by atoms with E-state index in [1.54, 1.807) is 18.4 Å². The molecule has 1 heterocycles. The van der Waals surface area contributed by atoms with Crippen LogP contribution in [0, 0.1) is 5.92 Å². The number of nitrogens with zero attached hydrogens (tertiary/aromatic N) is 1. The molecule has 0 spiro atoms. The van der Waals surface area contributed by atoms with Crippen LogP contribution in [0.25, 0.3) is 0 Å². The topological polar surface area (TPSA) is 34.1 Å². The first kappa shape index (κ1) is 10.9. The number of hydrogen-bond acceptors (Lipinski definition) is 4. The third-order valence-electron chi connectivity index (χ3n) is 1.53. The van der Waals surface area contributed by atoms with Crippen molar-refractivity contribution < 1.29 is 4.74 Å². The van der Waals surface area contributed by atoms with Crippen molar-refractivity contribution in [3.05, 3.63) is 9.98 Å². The van der Waals surface area contributed by atoms with Gasteiger partial charge in [-0.2, -0.15) is 0 Å². The lowest BCUT2D eigenvalue weighted by Crippen LogP contribution is -2.15. The van der Waals surface area contributed by atoms with E-state index in [0.29, 0.717) is 5.92 Å². The molecule has 0 fully saturated rings. The van der Waals surface area contributed by atoms with E-state index in [-0.39, 0.29) is 0 Å². The summed E-state index contributed by atoms with van der Waals surface area (Å²) in [6, 6.07) is 0. The van der Waals surface area contributed by atoms with Gasteiger partial charge in [-0.25, -0.2) is 4.98 Å². The van der Waals surface area contributed by atoms with Gasteiger partial charge in [0.05, 0.1) is 6.61 Å². The molecule has 0 aromatic carbocycles. The highest BCUT2D eigenvalue weighted by Gasteiger charge is 2.02. The Kier molecular flexibility index (Phi) is 4.69. The van der Waals surface area contributed by atoms with Gasteiger partial charge in [-0.3, -0.25) is 0 Å². The SMILES string of the molecule is COCC(C)CNc1nc(Br)cs1. The molecule has 0 radical (unpaired) electrons. The monoisotopic (exact) mass is 264 g/mol. The molecule has 0 bridgehead atoms. The van der Waals surface area contributed by atoms with Crippen molar-refractivity contribution in [1.29, 1.82) is 0 Å². The van der Waals surface area contributed by atoms with Gasteiger partial charge in [0.1, 0.15) is 4.60 Å².